The Hall–Kier alpha value is -4.12. The second-order valence-corrected chi connectivity index (χ2v) is 7.53. The number of hydrogen-bond acceptors (Lipinski definition) is 7. The topological polar surface area (TPSA) is 113 Å². The van der Waals surface area contributed by atoms with Crippen molar-refractivity contribution in [3.63, 3.8) is 0 Å². The van der Waals surface area contributed by atoms with Gasteiger partial charge in [-0.1, -0.05) is 6.07 Å². The highest BCUT2D eigenvalue weighted by atomic mass is 16.5. The van der Waals surface area contributed by atoms with Crippen molar-refractivity contribution >= 4 is 0 Å². The average Bonchev–Trinajstić information content (AvgIpc) is 3.30. The monoisotopic (exact) mass is 447 g/mol. The summed E-state index contributed by atoms with van der Waals surface area (Å²) in [6, 6.07) is 12.8. The average molecular weight is 447 g/mol. The van der Waals surface area contributed by atoms with Gasteiger partial charge in [0.2, 0.25) is 5.88 Å². The molecule has 0 spiro atoms. The SMILES string of the molecule is CCOc1ccc(C2C(C#N)=C(N)Oc3cc(C)n(Cc4ccco4)c(=O)c32)cc1OCC. The van der Waals surface area contributed by atoms with Crippen molar-refractivity contribution in [2.45, 2.75) is 33.2 Å². The number of benzene rings is 1. The molecule has 0 radical (unpaired) electrons. The maximum atomic E-state index is 13.7. The first-order chi connectivity index (χ1) is 16.0. The Morgan fingerprint density at radius 1 is 1.15 bits per heavy atom. The second-order valence-electron chi connectivity index (χ2n) is 7.53. The third-order valence-corrected chi connectivity index (χ3v) is 5.48. The molecule has 8 nitrogen and oxygen atoms in total. The van der Waals surface area contributed by atoms with Crippen LogP contribution in [0.25, 0.3) is 0 Å². The number of allylic oxidation sites excluding steroid dienone is 1. The minimum Gasteiger partial charge on any atom is -0.490 e. The molecule has 4 rings (SSSR count). The summed E-state index contributed by atoms with van der Waals surface area (Å²) in [6.45, 7) is 6.75. The molecule has 170 valence electrons. The van der Waals surface area contributed by atoms with Crippen LogP contribution in [0.15, 0.2) is 63.3 Å². The molecule has 0 bridgehead atoms. The highest BCUT2D eigenvalue weighted by molar-refractivity contribution is 5.57. The van der Waals surface area contributed by atoms with Gasteiger partial charge in [-0.2, -0.15) is 5.26 Å². The first-order valence-electron chi connectivity index (χ1n) is 10.7. The minimum absolute atomic E-state index is 0.0237. The van der Waals surface area contributed by atoms with Gasteiger partial charge in [0.25, 0.3) is 5.56 Å². The van der Waals surface area contributed by atoms with Crippen molar-refractivity contribution < 1.29 is 18.6 Å². The summed E-state index contributed by atoms with van der Waals surface area (Å²) >= 11 is 0. The van der Waals surface area contributed by atoms with Gasteiger partial charge in [-0.25, -0.2) is 0 Å². The van der Waals surface area contributed by atoms with Gasteiger partial charge in [0.1, 0.15) is 23.2 Å². The van der Waals surface area contributed by atoms with Crippen molar-refractivity contribution in [1.29, 1.82) is 5.26 Å². The van der Waals surface area contributed by atoms with E-state index in [0.717, 1.165) is 0 Å². The fourth-order valence-electron chi connectivity index (χ4n) is 4.02. The molecule has 2 aromatic heterocycles. The standard InChI is InChI=1S/C25H25N3O5/c1-4-30-19-9-8-16(12-20(19)31-5-2)22-18(13-26)24(27)33-21-11-15(3)28(25(29)23(21)22)14-17-7-6-10-32-17/h6-12,22H,4-5,14,27H2,1-3H3. The van der Waals surface area contributed by atoms with E-state index >= 15 is 0 Å². The maximum Gasteiger partial charge on any atom is 0.259 e. The number of aromatic nitrogens is 1. The molecule has 2 N–H and O–H groups in total. The van der Waals surface area contributed by atoms with Crippen molar-refractivity contribution in [2.24, 2.45) is 5.73 Å². The lowest BCUT2D eigenvalue weighted by Gasteiger charge is -2.27. The Bertz CT molecular complexity index is 1300. The molecule has 33 heavy (non-hydrogen) atoms. The third kappa shape index (κ3) is 4.05. The molecule has 1 aliphatic rings. The maximum absolute atomic E-state index is 13.7. The van der Waals surface area contributed by atoms with Crippen molar-refractivity contribution in [3.05, 3.63) is 87.1 Å². The number of furan rings is 1. The van der Waals surface area contributed by atoms with Crippen LogP contribution in [0.3, 0.4) is 0 Å². The van der Waals surface area contributed by atoms with Crippen molar-refractivity contribution in [2.75, 3.05) is 13.2 Å². The summed E-state index contributed by atoms with van der Waals surface area (Å²) in [5.74, 6) is 1.35. The molecular formula is C25H25N3O5. The van der Waals surface area contributed by atoms with E-state index in [0.29, 0.717) is 53.0 Å². The van der Waals surface area contributed by atoms with Crippen molar-refractivity contribution in [3.8, 4) is 23.3 Å². The normalized spacial score (nSPS) is 14.9. The minimum atomic E-state index is -0.718. The second kappa shape index (κ2) is 9.17. The van der Waals surface area contributed by atoms with E-state index in [4.69, 9.17) is 24.4 Å². The number of rotatable bonds is 7. The van der Waals surface area contributed by atoms with Gasteiger partial charge in [-0.05, 0) is 50.6 Å². The number of aryl methyl sites for hydroxylation is 1. The van der Waals surface area contributed by atoms with Crippen molar-refractivity contribution in [1.82, 2.24) is 4.57 Å². The van der Waals surface area contributed by atoms with E-state index in [2.05, 4.69) is 6.07 Å². The Labute approximate surface area is 191 Å². The van der Waals surface area contributed by atoms with Gasteiger partial charge < -0.3 is 28.9 Å². The van der Waals surface area contributed by atoms with Gasteiger partial charge in [0.15, 0.2) is 11.5 Å². The Morgan fingerprint density at radius 3 is 2.58 bits per heavy atom. The highest BCUT2D eigenvalue weighted by Crippen LogP contribution is 2.42. The third-order valence-electron chi connectivity index (χ3n) is 5.48. The summed E-state index contributed by atoms with van der Waals surface area (Å²) in [6.07, 6.45) is 1.56. The zero-order valence-electron chi connectivity index (χ0n) is 18.8. The van der Waals surface area contributed by atoms with Crippen LogP contribution in [0.2, 0.25) is 0 Å². The molecule has 1 unspecified atom stereocenters. The molecule has 1 aromatic carbocycles. The quantitative estimate of drug-likeness (QED) is 0.586. The summed E-state index contributed by atoms with van der Waals surface area (Å²) in [5, 5.41) is 9.90. The fraction of sp³-hybridized carbons (Fsp3) is 0.280. The van der Waals surface area contributed by atoms with E-state index in [9.17, 15) is 10.1 Å². The highest BCUT2D eigenvalue weighted by Gasteiger charge is 2.35. The van der Waals surface area contributed by atoms with Gasteiger partial charge in [0.05, 0.1) is 37.5 Å². The van der Waals surface area contributed by atoms with Crippen LogP contribution in [0.4, 0.5) is 0 Å². The van der Waals surface area contributed by atoms with Crippen LogP contribution in [0.1, 0.15) is 42.3 Å². The fourth-order valence-corrected chi connectivity index (χ4v) is 4.02. The molecular weight excluding hydrogens is 422 g/mol. The lowest BCUT2D eigenvalue weighted by molar-refractivity contribution is 0.287. The number of pyridine rings is 1. The Morgan fingerprint density at radius 2 is 1.91 bits per heavy atom. The molecule has 3 aromatic rings. The van der Waals surface area contributed by atoms with E-state index in [1.54, 1.807) is 41.2 Å². The molecule has 0 saturated carbocycles. The van der Waals surface area contributed by atoms with Gasteiger partial charge in [0, 0.05) is 11.8 Å². The molecule has 0 aliphatic carbocycles. The van der Waals surface area contributed by atoms with E-state index in [1.807, 2.05) is 26.8 Å². The smallest absolute Gasteiger partial charge is 0.259 e. The summed E-state index contributed by atoms with van der Waals surface area (Å²) in [7, 11) is 0. The van der Waals surface area contributed by atoms with Crippen LogP contribution < -0.4 is 25.5 Å². The zero-order valence-corrected chi connectivity index (χ0v) is 18.8. The number of nitrogens with two attached hydrogens (primary N) is 1. The van der Waals surface area contributed by atoms with E-state index in [-0.39, 0.29) is 23.6 Å². The molecule has 8 heteroatoms. The Balaban J connectivity index is 1.91. The largest absolute Gasteiger partial charge is 0.490 e. The lowest BCUT2D eigenvalue weighted by atomic mass is 9.84. The number of fused-ring (bicyclic) bond motifs is 1. The van der Waals surface area contributed by atoms with Crippen LogP contribution in [-0.4, -0.2) is 17.8 Å². The first-order valence-corrected chi connectivity index (χ1v) is 10.7. The summed E-state index contributed by atoms with van der Waals surface area (Å²) in [5.41, 5.74) is 7.70. The van der Waals surface area contributed by atoms with Crippen LogP contribution in [0, 0.1) is 18.3 Å². The van der Waals surface area contributed by atoms with E-state index in [1.165, 1.54) is 0 Å². The first kappa shape index (κ1) is 22.1. The number of ether oxygens (including phenoxy) is 3. The number of nitrogens with zero attached hydrogens (tertiary/aromatic N) is 2. The van der Waals surface area contributed by atoms with Gasteiger partial charge >= 0.3 is 0 Å². The molecule has 1 atom stereocenters. The summed E-state index contributed by atoms with van der Waals surface area (Å²) < 4.78 is 24.2. The predicted octanol–water partition coefficient (Wildman–Crippen LogP) is 3.81. The summed E-state index contributed by atoms with van der Waals surface area (Å²) in [4.78, 5) is 13.7. The predicted molar refractivity (Wildman–Crippen MR) is 121 cm³/mol. The van der Waals surface area contributed by atoms with Gasteiger partial charge in [-0.15, -0.1) is 0 Å². The molecule has 0 fully saturated rings. The number of nitriles is 1. The van der Waals surface area contributed by atoms with E-state index < -0.39 is 5.92 Å². The molecule has 0 amide bonds. The molecule has 0 saturated heterocycles. The number of hydrogen-bond donors (Lipinski definition) is 1. The van der Waals surface area contributed by atoms with Gasteiger partial charge in [-0.3, -0.25) is 4.79 Å². The van der Waals surface area contributed by atoms with Crippen LogP contribution in [0.5, 0.6) is 17.2 Å². The lowest BCUT2D eigenvalue weighted by Crippen LogP contribution is -2.33. The molecule has 3 heterocycles. The molecule has 1 aliphatic heterocycles. The van der Waals surface area contributed by atoms with Crippen LogP contribution >= 0.6 is 0 Å². The Kier molecular flexibility index (Phi) is 6.13. The van der Waals surface area contributed by atoms with Crippen LogP contribution in [-0.2, 0) is 6.54 Å². The zero-order chi connectivity index (χ0) is 23.5.